The molecular weight excluding hydrogens is 311 g/mol. The van der Waals surface area contributed by atoms with Crippen molar-refractivity contribution < 1.29 is 14.0 Å². The van der Waals surface area contributed by atoms with E-state index in [0.717, 1.165) is 0 Å². The molecule has 1 aliphatic heterocycles. The lowest BCUT2D eigenvalue weighted by molar-refractivity contribution is -0.123. The maximum Gasteiger partial charge on any atom is 0.257 e. The molecule has 0 aliphatic carbocycles. The van der Waals surface area contributed by atoms with E-state index in [0.29, 0.717) is 42.9 Å². The highest BCUT2D eigenvalue weighted by atomic mass is 19.1. The van der Waals surface area contributed by atoms with E-state index in [2.05, 4.69) is 5.10 Å². The Labute approximate surface area is 139 Å². The number of nitrogens with zero attached hydrogens (tertiary/aromatic N) is 3. The number of carbonyl (C=O) groups is 2. The first-order valence-corrected chi connectivity index (χ1v) is 7.87. The molecule has 0 spiro atoms. The van der Waals surface area contributed by atoms with Crippen LogP contribution >= 0.6 is 0 Å². The van der Waals surface area contributed by atoms with E-state index >= 15 is 0 Å². The number of primary amides is 1. The number of nitrogens with two attached hydrogens (primary N) is 1. The van der Waals surface area contributed by atoms with Crippen LogP contribution in [0.4, 0.5) is 4.39 Å². The number of benzene rings is 1. The fourth-order valence-electron chi connectivity index (χ4n) is 3.02. The van der Waals surface area contributed by atoms with Crippen LogP contribution in [0.1, 0.15) is 28.9 Å². The highest BCUT2D eigenvalue weighted by molar-refractivity contribution is 5.95. The number of hydrogen-bond donors (Lipinski definition) is 1. The van der Waals surface area contributed by atoms with Gasteiger partial charge in [0.15, 0.2) is 0 Å². The zero-order chi connectivity index (χ0) is 17.3. The largest absolute Gasteiger partial charge is 0.369 e. The third-order valence-electron chi connectivity index (χ3n) is 4.51. The molecular formula is C17H19FN4O2. The topological polar surface area (TPSA) is 81.2 Å². The zero-order valence-corrected chi connectivity index (χ0v) is 13.4. The lowest BCUT2D eigenvalue weighted by Gasteiger charge is -2.30. The molecule has 24 heavy (non-hydrogen) atoms. The lowest BCUT2D eigenvalue weighted by atomic mass is 9.96. The normalized spacial score (nSPS) is 15.5. The monoisotopic (exact) mass is 330 g/mol. The molecule has 1 aromatic heterocycles. The minimum absolute atomic E-state index is 0.155. The molecule has 2 amide bonds. The second-order valence-corrected chi connectivity index (χ2v) is 5.98. The van der Waals surface area contributed by atoms with Gasteiger partial charge in [-0.25, -0.2) is 9.07 Å². The first-order valence-electron chi connectivity index (χ1n) is 7.87. The van der Waals surface area contributed by atoms with Crippen LogP contribution < -0.4 is 5.73 Å². The molecule has 1 fully saturated rings. The molecule has 0 atom stereocenters. The van der Waals surface area contributed by atoms with Crippen LogP contribution in [-0.2, 0) is 4.79 Å². The van der Waals surface area contributed by atoms with Crippen LogP contribution in [0, 0.1) is 18.7 Å². The van der Waals surface area contributed by atoms with Gasteiger partial charge in [-0.15, -0.1) is 0 Å². The minimum Gasteiger partial charge on any atom is -0.369 e. The lowest BCUT2D eigenvalue weighted by Crippen LogP contribution is -2.41. The number of para-hydroxylation sites is 1. The van der Waals surface area contributed by atoms with Gasteiger partial charge in [-0.2, -0.15) is 5.10 Å². The van der Waals surface area contributed by atoms with Crippen molar-refractivity contribution in [1.82, 2.24) is 14.7 Å². The molecule has 0 bridgehead atoms. The molecule has 1 aromatic carbocycles. The van der Waals surface area contributed by atoms with Crippen LogP contribution in [0.25, 0.3) is 5.69 Å². The summed E-state index contributed by atoms with van der Waals surface area (Å²) < 4.78 is 15.4. The number of halogens is 1. The number of likely N-dealkylation sites (tertiary alicyclic amines) is 1. The van der Waals surface area contributed by atoms with Crippen molar-refractivity contribution in [3.63, 3.8) is 0 Å². The van der Waals surface area contributed by atoms with E-state index < -0.39 is 5.82 Å². The Balaban J connectivity index is 1.80. The number of rotatable bonds is 3. The van der Waals surface area contributed by atoms with Crippen molar-refractivity contribution in [1.29, 1.82) is 0 Å². The van der Waals surface area contributed by atoms with E-state index in [9.17, 15) is 14.0 Å². The van der Waals surface area contributed by atoms with Gasteiger partial charge in [0.1, 0.15) is 11.5 Å². The Morgan fingerprint density at radius 2 is 1.92 bits per heavy atom. The number of aromatic nitrogens is 2. The predicted molar refractivity (Wildman–Crippen MR) is 86.1 cm³/mol. The second kappa shape index (κ2) is 6.43. The predicted octanol–water partition coefficient (Wildman–Crippen LogP) is 1.66. The summed E-state index contributed by atoms with van der Waals surface area (Å²) in [4.78, 5) is 25.6. The number of piperidine rings is 1. The highest BCUT2D eigenvalue weighted by Crippen LogP contribution is 2.22. The standard InChI is InChI=1S/C17H19FN4O2/c1-11-13(10-20-22(11)15-5-3-2-4-14(15)18)17(24)21-8-6-12(7-9-21)16(19)23/h2-5,10,12H,6-9H2,1H3,(H2,19,23). The fraction of sp³-hybridized carbons (Fsp3) is 0.353. The Kier molecular flexibility index (Phi) is 4.33. The van der Waals surface area contributed by atoms with E-state index in [1.54, 1.807) is 30.0 Å². The van der Waals surface area contributed by atoms with Crippen molar-refractivity contribution in [3.05, 3.63) is 47.5 Å². The average molecular weight is 330 g/mol. The zero-order valence-electron chi connectivity index (χ0n) is 13.4. The fourth-order valence-corrected chi connectivity index (χ4v) is 3.02. The summed E-state index contributed by atoms with van der Waals surface area (Å²) in [6.07, 6.45) is 2.60. The van der Waals surface area contributed by atoms with Crippen molar-refractivity contribution in [3.8, 4) is 5.69 Å². The Morgan fingerprint density at radius 1 is 1.25 bits per heavy atom. The molecule has 0 radical (unpaired) electrons. The van der Waals surface area contributed by atoms with E-state index in [1.807, 2.05) is 0 Å². The number of amides is 2. The van der Waals surface area contributed by atoms with Gasteiger partial charge in [0, 0.05) is 19.0 Å². The summed E-state index contributed by atoms with van der Waals surface area (Å²) in [6.45, 7) is 2.70. The van der Waals surface area contributed by atoms with Crippen LogP contribution in [0.5, 0.6) is 0 Å². The van der Waals surface area contributed by atoms with Crippen molar-refractivity contribution in [2.45, 2.75) is 19.8 Å². The van der Waals surface area contributed by atoms with Crippen molar-refractivity contribution in [2.75, 3.05) is 13.1 Å². The summed E-state index contributed by atoms with van der Waals surface area (Å²) in [5.41, 5.74) is 6.65. The van der Waals surface area contributed by atoms with Gasteiger partial charge >= 0.3 is 0 Å². The van der Waals surface area contributed by atoms with Crippen molar-refractivity contribution in [2.24, 2.45) is 11.7 Å². The molecule has 6 nitrogen and oxygen atoms in total. The molecule has 2 aromatic rings. The summed E-state index contributed by atoms with van der Waals surface area (Å²) in [7, 11) is 0. The third-order valence-corrected chi connectivity index (χ3v) is 4.51. The molecule has 2 N–H and O–H groups in total. The van der Waals surface area contributed by atoms with E-state index in [4.69, 9.17) is 5.73 Å². The van der Waals surface area contributed by atoms with Gasteiger partial charge in [-0.1, -0.05) is 12.1 Å². The molecule has 0 saturated carbocycles. The van der Waals surface area contributed by atoms with Crippen molar-refractivity contribution >= 4 is 11.8 Å². The SMILES string of the molecule is Cc1c(C(=O)N2CCC(C(N)=O)CC2)cnn1-c1ccccc1F. The van der Waals surface area contributed by atoms with Gasteiger partial charge in [-0.3, -0.25) is 9.59 Å². The Bertz CT molecular complexity index is 779. The van der Waals surface area contributed by atoms with Gasteiger partial charge in [-0.05, 0) is 31.9 Å². The molecule has 2 heterocycles. The van der Waals surface area contributed by atoms with Crippen LogP contribution in [0.2, 0.25) is 0 Å². The molecule has 3 rings (SSSR count). The molecule has 0 unspecified atom stereocenters. The summed E-state index contributed by atoms with van der Waals surface area (Å²) in [5.74, 6) is -1.04. The summed E-state index contributed by atoms with van der Waals surface area (Å²) in [5, 5.41) is 4.16. The first kappa shape index (κ1) is 16.2. The van der Waals surface area contributed by atoms with Gasteiger partial charge in [0.25, 0.3) is 5.91 Å². The second-order valence-electron chi connectivity index (χ2n) is 5.98. The van der Waals surface area contributed by atoms with E-state index in [-0.39, 0.29) is 17.7 Å². The smallest absolute Gasteiger partial charge is 0.257 e. The maximum atomic E-state index is 13.9. The van der Waals surface area contributed by atoms with Gasteiger partial charge < -0.3 is 10.6 Å². The summed E-state index contributed by atoms with van der Waals surface area (Å²) >= 11 is 0. The molecule has 7 heteroatoms. The number of hydrogen-bond acceptors (Lipinski definition) is 3. The van der Waals surface area contributed by atoms with Crippen LogP contribution in [-0.4, -0.2) is 39.6 Å². The highest BCUT2D eigenvalue weighted by Gasteiger charge is 2.28. The maximum absolute atomic E-state index is 13.9. The Hall–Kier alpha value is -2.70. The minimum atomic E-state index is -0.398. The third kappa shape index (κ3) is 2.89. The van der Waals surface area contributed by atoms with Gasteiger partial charge in [0.05, 0.1) is 17.5 Å². The molecule has 1 saturated heterocycles. The average Bonchev–Trinajstić information content (AvgIpc) is 2.96. The van der Waals surface area contributed by atoms with E-state index in [1.165, 1.54) is 16.9 Å². The molecule has 126 valence electrons. The molecule has 1 aliphatic rings. The first-order chi connectivity index (χ1) is 11.5. The number of carbonyl (C=O) groups excluding carboxylic acids is 2. The van der Waals surface area contributed by atoms with Crippen LogP contribution in [0.15, 0.2) is 30.5 Å². The quantitative estimate of drug-likeness (QED) is 0.929. The van der Waals surface area contributed by atoms with Gasteiger partial charge in [0.2, 0.25) is 5.91 Å². The summed E-state index contributed by atoms with van der Waals surface area (Å²) in [6, 6.07) is 6.29. The Morgan fingerprint density at radius 3 is 2.54 bits per heavy atom. The van der Waals surface area contributed by atoms with Crippen LogP contribution in [0.3, 0.4) is 0 Å².